The molecule has 0 aromatic carbocycles. The Labute approximate surface area is 600 Å². The minimum absolute atomic E-state index is 0.396. The number of hydrogen-bond donors (Lipinski definition) is 4. The average molecular weight is 1340 g/mol. The summed E-state index contributed by atoms with van der Waals surface area (Å²) in [6.07, 6.45) is 103. The average Bonchev–Trinajstić information content (AvgIpc) is 2.08. The van der Waals surface area contributed by atoms with E-state index < -0.39 is 24.4 Å². The van der Waals surface area contributed by atoms with Crippen LogP contribution >= 0.6 is 0 Å². The highest BCUT2D eigenvalue weighted by Gasteiger charge is 2.19. The molecule has 0 radical (unpaired) electrons. The Morgan fingerprint density at radius 1 is 0.208 bits per heavy atom. The number of nitrogens with zero attached hydrogens (tertiary/aromatic N) is 3. The first-order valence-corrected chi connectivity index (χ1v) is 42.3. The second-order valence-electron chi connectivity index (χ2n) is 29.3. The molecule has 7 heteroatoms. The van der Waals surface area contributed by atoms with Gasteiger partial charge in [0.2, 0.25) is 0 Å². The first-order chi connectivity index (χ1) is 47.2. The molecular weight excluding hydrogens is 1170 g/mol. The summed E-state index contributed by atoms with van der Waals surface area (Å²) in [6, 6.07) is 0. The van der Waals surface area contributed by atoms with Gasteiger partial charge in [-0.3, -0.25) is 9.80 Å². The third kappa shape index (κ3) is 75.8. The monoisotopic (exact) mass is 1340 g/mol. The Bertz CT molecular complexity index is 1510. The third-order valence-electron chi connectivity index (χ3n) is 19.4. The number of allylic oxidation sites excluding steroid dienone is 16. The van der Waals surface area contributed by atoms with Crippen molar-refractivity contribution in [3.05, 3.63) is 97.2 Å². The minimum atomic E-state index is -0.396. The summed E-state index contributed by atoms with van der Waals surface area (Å²) in [4.78, 5) is 7.06. The van der Waals surface area contributed by atoms with Crippen LogP contribution in [0, 0.1) is 0 Å². The van der Waals surface area contributed by atoms with Crippen LogP contribution < -0.4 is 0 Å². The number of unbranched alkanes of at least 4 members (excludes halogenated alkanes) is 40. The molecule has 96 heavy (non-hydrogen) atoms. The lowest BCUT2D eigenvalue weighted by atomic mass is 10.0. The molecule has 0 saturated carbocycles. The van der Waals surface area contributed by atoms with Crippen molar-refractivity contribution in [1.29, 1.82) is 0 Å². The summed E-state index contributed by atoms with van der Waals surface area (Å²) in [5.41, 5.74) is 0. The van der Waals surface area contributed by atoms with E-state index in [9.17, 15) is 20.4 Å². The highest BCUT2D eigenvalue weighted by atomic mass is 16.3. The van der Waals surface area contributed by atoms with Gasteiger partial charge in [-0.25, -0.2) is 0 Å². The maximum absolute atomic E-state index is 11.5. The zero-order valence-corrected chi connectivity index (χ0v) is 64.9. The molecule has 4 N–H and O–H groups in total. The van der Waals surface area contributed by atoms with E-state index in [1.807, 2.05) is 0 Å². The molecular formula is C89H167N3O4. The second-order valence-corrected chi connectivity index (χ2v) is 29.3. The Balaban J connectivity index is 5.36. The quantitative estimate of drug-likeness (QED) is 0.0356. The topological polar surface area (TPSA) is 90.6 Å². The number of rotatable bonds is 78. The largest absolute Gasteiger partial charge is 0.392 e. The maximum Gasteiger partial charge on any atom is 0.0667 e. The van der Waals surface area contributed by atoms with Crippen LogP contribution in [0.2, 0.25) is 0 Å². The Hall–Kier alpha value is -2.36. The lowest BCUT2D eigenvalue weighted by Gasteiger charge is -2.31. The molecule has 0 heterocycles. The Kier molecular flexibility index (Phi) is 78.0. The van der Waals surface area contributed by atoms with E-state index in [-0.39, 0.29) is 0 Å². The van der Waals surface area contributed by atoms with E-state index in [0.717, 1.165) is 103 Å². The number of aliphatic hydroxyl groups excluding tert-OH is 4. The van der Waals surface area contributed by atoms with Gasteiger partial charge in [0.1, 0.15) is 0 Å². The van der Waals surface area contributed by atoms with Crippen molar-refractivity contribution >= 4 is 0 Å². The summed E-state index contributed by atoms with van der Waals surface area (Å²) in [7, 11) is 2.20. The van der Waals surface area contributed by atoms with Crippen LogP contribution in [-0.4, -0.2) is 119 Å². The van der Waals surface area contributed by atoms with Gasteiger partial charge < -0.3 is 25.3 Å². The van der Waals surface area contributed by atoms with Crippen LogP contribution in [0.4, 0.5) is 0 Å². The van der Waals surface area contributed by atoms with Gasteiger partial charge in [0.15, 0.2) is 0 Å². The highest BCUT2D eigenvalue weighted by Crippen LogP contribution is 2.18. The second kappa shape index (κ2) is 80.0. The summed E-state index contributed by atoms with van der Waals surface area (Å²) in [5.74, 6) is 0. The van der Waals surface area contributed by atoms with E-state index in [4.69, 9.17) is 0 Å². The molecule has 0 amide bonds. The van der Waals surface area contributed by atoms with Crippen molar-refractivity contribution in [2.45, 2.75) is 412 Å². The first kappa shape index (κ1) is 93.6. The molecule has 0 aromatic heterocycles. The summed E-state index contributed by atoms with van der Waals surface area (Å²) < 4.78 is 0. The van der Waals surface area contributed by atoms with Gasteiger partial charge in [-0.1, -0.05) is 330 Å². The van der Waals surface area contributed by atoms with Gasteiger partial charge in [0, 0.05) is 52.4 Å². The number of likely N-dealkylation sites (N-methyl/N-ethyl adjacent to an activating group) is 1. The molecule has 0 saturated heterocycles. The standard InChI is InChI=1S/C89H167N3O4/c1-6-10-14-18-22-26-30-34-38-42-46-50-54-58-62-66-70-74-86(93)82-91(83-87(94)75-71-67-63-59-55-51-47-43-39-35-31-27-23-19-15-11-7-2)80-78-90(5)79-81-92(84-88(95)76-72-68-64-60-56-52-48-44-40-36-32-28-24-20-16-12-8-3)85-89(96)77-73-69-65-61-57-53-49-45-41-37-33-29-25-21-17-13-9-4/h26-33,38-45,86-89,93-96H,6-25,34-37,46-85H2,1-5H3/b30-26-,31-27-,32-28-,33-29-,42-38-,43-39-,44-40-,45-41-. The molecule has 0 spiro atoms. The van der Waals surface area contributed by atoms with Crippen LogP contribution in [0.1, 0.15) is 387 Å². The molecule has 0 aliphatic carbocycles. The predicted molar refractivity (Wildman–Crippen MR) is 429 cm³/mol. The van der Waals surface area contributed by atoms with E-state index in [1.165, 1.54) is 283 Å². The molecule has 0 aliphatic rings. The van der Waals surface area contributed by atoms with Gasteiger partial charge in [-0.05, 0) is 161 Å². The van der Waals surface area contributed by atoms with Gasteiger partial charge >= 0.3 is 0 Å². The van der Waals surface area contributed by atoms with Crippen molar-refractivity contribution < 1.29 is 20.4 Å². The highest BCUT2D eigenvalue weighted by molar-refractivity contribution is 4.95. The minimum Gasteiger partial charge on any atom is -0.392 e. The van der Waals surface area contributed by atoms with Gasteiger partial charge in [0.25, 0.3) is 0 Å². The molecule has 0 bridgehead atoms. The van der Waals surface area contributed by atoms with E-state index in [1.54, 1.807) is 0 Å². The van der Waals surface area contributed by atoms with Gasteiger partial charge in [0.05, 0.1) is 24.4 Å². The predicted octanol–water partition coefficient (Wildman–Crippen LogP) is 25.3. The zero-order chi connectivity index (χ0) is 69.6. The molecule has 0 aromatic rings. The Morgan fingerprint density at radius 2 is 0.375 bits per heavy atom. The molecule has 0 rings (SSSR count). The van der Waals surface area contributed by atoms with E-state index in [2.05, 4.69) is 147 Å². The van der Waals surface area contributed by atoms with E-state index >= 15 is 0 Å². The molecule has 562 valence electrons. The molecule has 4 atom stereocenters. The fourth-order valence-electron chi connectivity index (χ4n) is 13.0. The third-order valence-corrected chi connectivity index (χ3v) is 19.4. The summed E-state index contributed by atoms with van der Waals surface area (Å²) >= 11 is 0. The van der Waals surface area contributed by atoms with Crippen molar-refractivity contribution in [1.82, 2.24) is 14.7 Å². The first-order valence-electron chi connectivity index (χ1n) is 42.3. The SMILES string of the molecule is CCCCCC/C=C\C/C=C\CCCCCCCCC(O)CN(CCN(C)CCN(CC(O)CCCCCCCC/C=C\C/C=C\CCCCCC)CC(O)CCCCCCCC/C=C\C/C=C\CCCCCC)CC(O)CCCCCCCC/C=C\C/C=C\CCCCCC. The normalized spacial score (nSPS) is 14.0. The maximum atomic E-state index is 11.5. The smallest absolute Gasteiger partial charge is 0.0667 e. The lowest BCUT2D eigenvalue weighted by Crippen LogP contribution is -2.44. The fraction of sp³-hybridized carbons (Fsp3) is 0.820. The van der Waals surface area contributed by atoms with Crippen molar-refractivity contribution in [3.8, 4) is 0 Å². The van der Waals surface area contributed by atoms with Crippen molar-refractivity contribution in [2.24, 2.45) is 0 Å². The van der Waals surface area contributed by atoms with Crippen LogP contribution in [-0.2, 0) is 0 Å². The number of hydrogen-bond acceptors (Lipinski definition) is 7. The molecule has 0 fully saturated rings. The van der Waals surface area contributed by atoms with Gasteiger partial charge in [-0.2, -0.15) is 0 Å². The zero-order valence-electron chi connectivity index (χ0n) is 64.9. The van der Waals surface area contributed by atoms with Crippen molar-refractivity contribution in [2.75, 3.05) is 59.4 Å². The molecule has 7 nitrogen and oxygen atoms in total. The van der Waals surface area contributed by atoms with Crippen LogP contribution in [0.15, 0.2) is 97.2 Å². The summed E-state index contributed by atoms with van der Waals surface area (Å²) in [5, 5.41) is 45.9. The number of aliphatic hydroxyl groups is 4. The van der Waals surface area contributed by atoms with Crippen LogP contribution in [0.5, 0.6) is 0 Å². The lowest BCUT2D eigenvalue weighted by molar-refractivity contribution is 0.0492. The fourth-order valence-corrected chi connectivity index (χ4v) is 13.0. The van der Waals surface area contributed by atoms with Crippen LogP contribution in [0.3, 0.4) is 0 Å². The molecule has 0 aliphatic heterocycles. The van der Waals surface area contributed by atoms with Crippen molar-refractivity contribution in [3.63, 3.8) is 0 Å². The summed E-state index contributed by atoms with van der Waals surface area (Å²) in [6.45, 7) is 14.8. The van der Waals surface area contributed by atoms with Crippen LogP contribution in [0.25, 0.3) is 0 Å². The van der Waals surface area contributed by atoms with E-state index in [0.29, 0.717) is 26.2 Å². The van der Waals surface area contributed by atoms with Gasteiger partial charge in [-0.15, -0.1) is 0 Å². The molecule has 4 unspecified atom stereocenters. The Morgan fingerprint density at radius 3 is 0.562 bits per heavy atom.